The van der Waals surface area contributed by atoms with Gasteiger partial charge in [0.25, 0.3) is 17.4 Å². The van der Waals surface area contributed by atoms with Crippen molar-refractivity contribution in [2.24, 2.45) is 0 Å². The molecule has 8 nitrogen and oxygen atoms in total. The van der Waals surface area contributed by atoms with Crippen molar-refractivity contribution in [2.45, 2.75) is 45.8 Å². The molecule has 2 aromatic carbocycles. The number of nitrogens with one attached hydrogen (secondary N) is 2. The van der Waals surface area contributed by atoms with Gasteiger partial charge in [-0.25, -0.2) is 9.55 Å². The van der Waals surface area contributed by atoms with Gasteiger partial charge in [0.1, 0.15) is 0 Å². The van der Waals surface area contributed by atoms with E-state index >= 15 is 0 Å². The van der Waals surface area contributed by atoms with E-state index in [9.17, 15) is 14.4 Å². The third-order valence-electron chi connectivity index (χ3n) is 6.07. The van der Waals surface area contributed by atoms with Crippen LogP contribution >= 0.6 is 23.2 Å². The van der Waals surface area contributed by atoms with E-state index in [2.05, 4.69) is 10.6 Å². The van der Waals surface area contributed by atoms with E-state index in [-0.39, 0.29) is 41.0 Å². The van der Waals surface area contributed by atoms with Crippen LogP contribution in [0.4, 0.5) is 5.95 Å². The number of rotatable bonds is 5. The molecule has 2 heterocycles. The number of hydrogen-bond donors (Lipinski definition) is 2. The van der Waals surface area contributed by atoms with Crippen molar-refractivity contribution < 1.29 is 9.59 Å². The first-order valence-corrected chi connectivity index (χ1v) is 12.4. The van der Waals surface area contributed by atoms with E-state index in [0.717, 1.165) is 0 Å². The second-order valence-electron chi connectivity index (χ2n) is 9.04. The predicted octanol–water partition coefficient (Wildman–Crippen LogP) is 4.31. The Morgan fingerprint density at radius 2 is 1.81 bits per heavy atom. The van der Waals surface area contributed by atoms with Crippen molar-refractivity contribution in [3.63, 3.8) is 0 Å². The fourth-order valence-corrected chi connectivity index (χ4v) is 4.74. The van der Waals surface area contributed by atoms with Gasteiger partial charge in [0.15, 0.2) is 0 Å². The minimum absolute atomic E-state index is 0.000495. The maximum atomic E-state index is 13.7. The van der Waals surface area contributed by atoms with E-state index in [0.29, 0.717) is 45.5 Å². The minimum Gasteiger partial charge on any atom is -0.355 e. The standard InChI is InChI=1S/C26H27Cl2N5O3/c1-14(2)30-26-31-22-13-32(24(35)19-10-7-17(27)12-21(19)28)15(3)11-20(22)25(36)33(26)18-8-5-16(6-9-18)23(34)29-4/h5-10,12,14-15H,11,13H2,1-4H3,(H,29,34)(H,30,31)/t15-/m1/s1. The highest BCUT2D eigenvalue weighted by molar-refractivity contribution is 6.36. The number of carbonyl (C=O) groups excluding carboxylic acids is 2. The summed E-state index contributed by atoms with van der Waals surface area (Å²) in [6.07, 6.45) is 0.344. The van der Waals surface area contributed by atoms with Crippen molar-refractivity contribution in [3.05, 3.63) is 85.2 Å². The molecular weight excluding hydrogens is 501 g/mol. The summed E-state index contributed by atoms with van der Waals surface area (Å²) in [4.78, 5) is 45.5. The molecule has 0 aliphatic carbocycles. The fourth-order valence-electron chi connectivity index (χ4n) is 4.25. The first-order chi connectivity index (χ1) is 17.1. The highest BCUT2D eigenvalue weighted by Crippen LogP contribution is 2.28. The highest BCUT2D eigenvalue weighted by atomic mass is 35.5. The summed E-state index contributed by atoms with van der Waals surface area (Å²) in [6, 6.07) is 11.3. The van der Waals surface area contributed by atoms with Crippen LogP contribution in [0, 0.1) is 0 Å². The molecule has 2 amide bonds. The third kappa shape index (κ3) is 4.96. The van der Waals surface area contributed by atoms with Crippen LogP contribution in [0.1, 0.15) is 52.7 Å². The predicted molar refractivity (Wildman–Crippen MR) is 141 cm³/mol. The van der Waals surface area contributed by atoms with Gasteiger partial charge in [0.05, 0.1) is 28.5 Å². The monoisotopic (exact) mass is 527 g/mol. The SMILES string of the molecule is CNC(=O)c1ccc(-n2c(NC(C)C)nc3c(c2=O)C[C@@H](C)N(C(=O)c2ccc(Cl)cc2Cl)C3)cc1. The smallest absolute Gasteiger partial charge is 0.263 e. The molecule has 10 heteroatoms. The van der Waals surface area contributed by atoms with Crippen LogP contribution in [-0.4, -0.2) is 45.4 Å². The molecule has 0 fully saturated rings. The van der Waals surface area contributed by atoms with Crippen LogP contribution < -0.4 is 16.2 Å². The zero-order chi connectivity index (χ0) is 26.1. The number of hydrogen-bond acceptors (Lipinski definition) is 5. The molecule has 1 aliphatic rings. The largest absolute Gasteiger partial charge is 0.355 e. The summed E-state index contributed by atoms with van der Waals surface area (Å²) in [7, 11) is 1.56. The molecule has 0 radical (unpaired) electrons. The van der Waals surface area contributed by atoms with Gasteiger partial charge in [0.2, 0.25) is 5.95 Å². The van der Waals surface area contributed by atoms with Crippen LogP contribution in [0.25, 0.3) is 5.69 Å². The van der Waals surface area contributed by atoms with E-state index in [4.69, 9.17) is 28.2 Å². The molecule has 0 spiro atoms. The minimum atomic E-state index is -0.251. The highest BCUT2D eigenvalue weighted by Gasteiger charge is 2.32. The lowest BCUT2D eigenvalue weighted by molar-refractivity contribution is 0.0653. The molecular formula is C26H27Cl2N5O3. The van der Waals surface area contributed by atoms with Crippen LogP contribution in [0.15, 0.2) is 47.3 Å². The number of amides is 2. The Kier molecular flexibility index (Phi) is 7.38. The second-order valence-corrected chi connectivity index (χ2v) is 9.88. The topological polar surface area (TPSA) is 96.3 Å². The molecule has 3 aromatic rings. The van der Waals surface area contributed by atoms with Crippen LogP contribution in [-0.2, 0) is 13.0 Å². The molecule has 188 valence electrons. The second kappa shape index (κ2) is 10.3. The molecule has 0 saturated carbocycles. The molecule has 0 unspecified atom stereocenters. The summed E-state index contributed by atoms with van der Waals surface area (Å²) >= 11 is 12.3. The zero-order valence-corrected chi connectivity index (χ0v) is 21.9. The number of anilines is 1. The Balaban J connectivity index is 1.76. The third-order valence-corrected chi connectivity index (χ3v) is 6.62. The van der Waals surface area contributed by atoms with Gasteiger partial charge < -0.3 is 15.5 Å². The number of aromatic nitrogens is 2. The first-order valence-electron chi connectivity index (χ1n) is 11.6. The van der Waals surface area contributed by atoms with E-state index in [1.165, 1.54) is 10.6 Å². The number of nitrogens with zero attached hydrogens (tertiary/aromatic N) is 3. The molecule has 4 rings (SSSR count). The summed E-state index contributed by atoms with van der Waals surface area (Å²) < 4.78 is 1.52. The van der Waals surface area contributed by atoms with Crippen molar-refractivity contribution in [1.29, 1.82) is 0 Å². The lowest BCUT2D eigenvalue weighted by atomic mass is 9.98. The van der Waals surface area contributed by atoms with Crippen LogP contribution in [0.3, 0.4) is 0 Å². The fraction of sp³-hybridized carbons (Fsp3) is 0.308. The Hall–Kier alpha value is -3.36. The Morgan fingerprint density at radius 3 is 2.42 bits per heavy atom. The molecule has 1 atom stereocenters. The van der Waals surface area contributed by atoms with Gasteiger partial charge in [-0.3, -0.25) is 14.4 Å². The van der Waals surface area contributed by atoms with Gasteiger partial charge in [-0.15, -0.1) is 0 Å². The van der Waals surface area contributed by atoms with Crippen molar-refractivity contribution in [2.75, 3.05) is 12.4 Å². The average molecular weight is 528 g/mol. The maximum Gasteiger partial charge on any atom is 0.263 e. The van der Waals surface area contributed by atoms with Crippen molar-refractivity contribution >= 4 is 41.0 Å². The zero-order valence-electron chi connectivity index (χ0n) is 20.4. The quantitative estimate of drug-likeness (QED) is 0.515. The van der Waals surface area contributed by atoms with Gasteiger partial charge in [-0.2, -0.15) is 0 Å². The Morgan fingerprint density at radius 1 is 1.11 bits per heavy atom. The van der Waals surface area contributed by atoms with Crippen LogP contribution in [0.2, 0.25) is 10.0 Å². The van der Waals surface area contributed by atoms with Crippen molar-refractivity contribution in [3.8, 4) is 5.69 Å². The lowest BCUT2D eigenvalue weighted by Gasteiger charge is -2.35. The molecule has 0 bridgehead atoms. The van der Waals surface area contributed by atoms with E-state index in [1.54, 1.807) is 48.3 Å². The van der Waals surface area contributed by atoms with Gasteiger partial charge in [-0.05, 0) is 69.7 Å². The normalized spacial score (nSPS) is 15.0. The number of benzene rings is 2. The molecule has 1 aromatic heterocycles. The first kappa shape index (κ1) is 25.7. The Labute approximate surface area is 219 Å². The van der Waals surface area contributed by atoms with Gasteiger partial charge in [0, 0.05) is 35.3 Å². The maximum absolute atomic E-state index is 13.7. The van der Waals surface area contributed by atoms with Crippen LogP contribution in [0.5, 0.6) is 0 Å². The molecule has 36 heavy (non-hydrogen) atoms. The molecule has 1 aliphatic heterocycles. The van der Waals surface area contributed by atoms with Gasteiger partial charge in [-0.1, -0.05) is 23.2 Å². The average Bonchev–Trinajstić information content (AvgIpc) is 2.83. The van der Waals surface area contributed by atoms with Gasteiger partial charge >= 0.3 is 0 Å². The number of fused-ring (bicyclic) bond motifs is 1. The summed E-state index contributed by atoms with van der Waals surface area (Å²) in [5.41, 5.74) is 2.31. The van der Waals surface area contributed by atoms with E-state index in [1.807, 2.05) is 20.8 Å². The summed E-state index contributed by atoms with van der Waals surface area (Å²) in [5.74, 6) is -0.0887. The number of halogens is 2. The van der Waals surface area contributed by atoms with Crippen molar-refractivity contribution in [1.82, 2.24) is 19.8 Å². The molecule has 2 N–H and O–H groups in total. The number of carbonyl (C=O) groups is 2. The Bertz CT molecular complexity index is 1390. The molecule has 0 saturated heterocycles. The summed E-state index contributed by atoms with van der Waals surface area (Å²) in [6.45, 7) is 5.97. The van der Waals surface area contributed by atoms with E-state index < -0.39 is 0 Å². The lowest BCUT2D eigenvalue weighted by Crippen LogP contribution is -2.46. The summed E-state index contributed by atoms with van der Waals surface area (Å²) in [5, 5.41) is 6.56.